The summed E-state index contributed by atoms with van der Waals surface area (Å²) in [5.41, 5.74) is 7.75. The van der Waals surface area contributed by atoms with E-state index < -0.39 is 0 Å². The second-order valence-electron chi connectivity index (χ2n) is 2.84. The van der Waals surface area contributed by atoms with E-state index in [1.165, 1.54) is 11.1 Å². The summed E-state index contributed by atoms with van der Waals surface area (Å²) in [5.74, 6) is 0. The van der Waals surface area contributed by atoms with Crippen LogP contribution in [0.25, 0.3) is 0 Å². The van der Waals surface area contributed by atoms with E-state index >= 15 is 0 Å². The van der Waals surface area contributed by atoms with Gasteiger partial charge < -0.3 is 11.1 Å². The van der Waals surface area contributed by atoms with E-state index in [0.29, 0.717) is 6.54 Å². The molecule has 0 unspecified atom stereocenters. The van der Waals surface area contributed by atoms with Crippen molar-refractivity contribution in [2.24, 2.45) is 5.73 Å². The van der Waals surface area contributed by atoms with Gasteiger partial charge in [0.1, 0.15) is 0 Å². The molecule has 3 heteroatoms. The molecule has 0 spiro atoms. The Bertz CT molecular complexity index is 235. The standard InChI is InChI=1S/C9H15N3/c1-8-4-9(7-12-5-8)6-11-3-2-10/h4-5,7,11H,2-3,6,10H2,1H3. The molecule has 0 bridgehead atoms. The van der Waals surface area contributed by atoms with Gasteiger partial charge in [-0.1, -0.05) is 6.07 Å². The van der Waals surface area contributed by atoms with Crippen LogP contribution in [0.2, 0.25) is 0 Å². The van der Waals surface area contributed by atoms with E-state index in [4.69, 9.17) is 5.73 Å². The van der Waals surface area contributed by atoms with Crippen LogP contribution in [0.15, 0.2) is 18.5 Å². The molecule has 0 radical (unpaired) electrons. The van der Waals surface area contributed by atoms with Crippen LogP contribution in [0.1, 0.15) is 11.1 Å². The molecular weight excluding hydrogens is 150 g/mol. The lowest BCUT2D eigenvalue weighted by Gasteiger charge is -2.02. The predicted molar refractivity (Wildman–Crippen MR) is 49.7 cm³/mol. The quantitative estimate of drug-likeness (QED) is 0.636. The van der Waals surface area contributed by atoms with Crippen molar-refractivity contribution in [1.29, 1.82) is 0 Å². The Morgan fingerprint density at radius 2 is 2.33 bits per heavy atom. The third-order valence-corrected chi connectivity index (χ3v) is 1.58. The lowest BCUT2D eigenvalue weighted by atomic mass is 10.2. The van der Waals surface area contributed by atoms with E-state index in [1.807, 2.05) is 19.3 Å². The summed E-state index contributed by atoms with van der Waals surface area (Å²) < 4.78 is 0. The van der Waals surface area contributed by atoms with Gasteiger partial charge in [-0.3, -0.25) is 4.98 Å². The topological polar surface area (TPSA) is 50.9 Å². The van der Waals surface area contributed by atoms with Crippen LogP contribution in [0.3, 0.4) is 0 Å². The van der Waals surface area contributed by atoms with Crippen LogP contribution in [-0.2, 0) is 6.54 Å². The smallest absolute Gasteiger partial charge is 0.0313 e. The molecule has 0 aromatic carbocycles. The maximum atomic E-state index is 5.34. The van der Waals surface area contributed by atoms with Crippen molar-refractivity contribution in [3.05, 3.63) is 29.6 Å². The average Bonchev–Trinajstić information content (AvgIpc) is 2.05. The molecule has 0 saturated heterocycles. The largest absolute Gasteiger partial charge is 0.329 e. The van der Waals surface area contributed by atoms with Crippen LogP contribution >= 0.6 is 0 Å². The number of hydrogen-bond donors (Lipinski definition) is 2. The van der Waals surface area contributed by atoms with Gasteiger partial charge in [0.15, 0.2) is 0 Å². The molecule has 3 nitrogen and oxygen atoms in total. The molecule has 0 saturated carbocycles. The Hall–Kier alpha value is -0.930. The molecule has 1 aromatic heterocycles. The number of nitrogens with zero attached hydrogens (tertiary/aromatic N) is 1. The minimum atomic E-state index is 0.680. The van der Waals surface area contributed by atoms with Crippen molar-refractivity contribution in [2.75, 3.05) is 13.1 Å². The number of nitrogens with two attached hydrogens (primary N) is 1. The molecule has 3 N–H and O–H groups in total. The van der Waals surface area contributed by atoms with E-state index in [0.717, 1.165) is 13.1 Å². The van der Waals surface area contributed by atoms with Crippen LogP contribution in [0, 0.1) is 6.92 Å². The zero-order valence-corrected chi connectivity index (χ0v) is 7.38. The summed E-state index contributed by atoms with van der Waals surface area (Å²) in [5, 5.41) is 3.21. The first-order chi connectivity index (χ1) is 5.83. The number of aryl methyl sites for hydroxylation is 1. The highest BCUT2D eigenvalue weighted by Gasteiger charge is 1.91. The van der Waals surface area contributed by atoms with E-state index in [-0.39, 0.29) is 0 Å². The van der Waals surface area contributed by atoms with E-state index in [9.17, 15) is 0 Å². The molecule has 12 heavy (non-hydrogen) atoms. The maximum absolute atomic E-state index is 5.34. The van der Waals surface area contributed by atoms with Gasteiger partial charge in [0.2, 0.25) is 0 Å². The van der Waals surface area contributed by atoms with Crippen molar-refractivity contribution in [3.63, 3.8) is 0 Å². The molecule has 1 aromatic rings. The Balaban J connectivity index is 2.41. The molecule has 1 rings (SSSR count). The maximum Gasteiger partial charge on any atom is 0.0313 e. The highest BCUT2D eigenvalue weighted by molar-refractivity contribution is 5.16. The Kier molecular flexibility index (Phi) is 3.70. The van der Waals surface area contributed by atoms with Gasteiger partial charge >= 0.3 is 0 Å². The molecule has 0 fully saturated rings. The molecule has 0 atom stereocenters. The minimum Gasteiger partial charge on any atom is -0.329 e. The number of nitrogens with one attached hydrogen (secondary N) is 1. The van der Waals surface area contributed by atoms with Gasteiger partial charge in [-0.05, 0) is 18.1 Å². The minimum absolute atomic E-state index is 0.680. The first-order valence-corrected chi connectivity index (χ1v) is 4.14. The average molecular weight is 165 g/mol. The van der Waals surface area contributed by atoms with Crippen molar-refractivity contribution in [1.82, 2.24) is 10.3 Å². The lowest BCUT2D eigenvalue weighted by molar-refractivity contribution is 0.692. The van der Waals surface area contributed by atoms with Gasteiger partial charge in [0, 0.05) is 32.0 Å². The third-order valence-electron chi connectivity index (χ3n) is 1.58. The molecular formula is C9H15N3. The highest BCUT2D eigenvalue weighted by atomic mass is 14.9. The lowest BCUT2D eigenvalue weighted by Crippen LogP contribution is -2.21. The predicted octanol–water partition coefficient (Wildman–Crippen LogP) is 0.438. The molecule has 1 heterocycles. The molecule has 0 amide bonds. The van der Waals surface area contributed by atoms with Crippen molar-refractivity contribution in [3.8, 4) is 0 Å². The van der Waals surface area contributed by atoms with Crippen LogP contribution in [0.4, 0.5) is 0 Å². The SMILES string of the molecule is Cc1cncc(CNCCN)c1. The van der Waals surface area contributed by atoms with Crippen molar-refractivity contribution >= 4 is 0 Å². The summed E-state index contributed by atoms with van der Waals surface area (Å²) in [6.45, 7) is 4.43. The zero-order chi connectivity index (χ0) is 8.81. The van der Waals surface area contributed by atoms with E-state index in [1.54, 1.807) is 0 Å². The van der Waals surface area contributed by atoms with Gasteiger partial charge in [0.05, 0.1) is 0 Å². The molecule has 0 aliphatic rings. The van der Waals surface area contributed by atoms with Gasteiger partial charge in [0.25, 0.3) is 0 Å². The fourth-order valence-corrected chi connectivity index (χ4v) is 1.05. The second kappa shape index (κ2) is 4.85. The summed E-state index contributed by atoms with van der Waals surface area (Å²) in [4.78, 5) is 4.09. The van der Waals surface area contributed by atoms with Gasteiger partial charge in [-0.25, -0.2) is 0 Å². The van der Waals surface area contributed by atoms with Gasteiger partial charge in [-0.2, -0.15) is 0 Å². The number of aromatic nitrogens is 1. The summed E-state index contributed by atoms with van der Waals surface area (Å²) >= 11 is 0. The first-order valence-electron chi connectivity index (χ1n) is 4.14. The normalized spacial score (nSPS) is 10.2. The monoisotopic (exact) mass is 165 g/mol. The second-order valence-corrected chi connectivity index (χ2v) is 2.84. The van der Waals surface area contributed by atoms with Gasteiger partial charge in [-0.15, -0.1) is 0 Å². The fraction of sp³-hybridized carbons (Fsp3) is 0.444. The Morgan fingerprint density at radius 3 is 3.00 bits per heavy atom. The van der Waals surface area contributed by atoms with Crippen molar-refractivity contribution < 1.29 is 0 Å². The molecule has 0 aliphatic heterocycles. The van der Waals surface area contributed by atoms with Crippen LogP contribution in [-0.4, -0.2) is 18.1 Å². The molecule has 66 valence electrons. The Morgan fingerprint density at radius 1 is 1.50 bits per heavy atom. The van der Waals surface area contributed by atoms with Crippen LogP contribution < -0.4 is 11.1 Å². The van der Waals surface area contributed by atoms with E-state index in [2.05, 4.69) is 16.4 Å². The summed E-state index contributed by atoms with van der Waals surface area (Å²) in [7, 11) is 0. The highest BCUT2D eigenvalue weighted by Crippen LogP contribution is 1.99. The number of rotatable bonds is 4. The number of pyridine rings is 1. The van der Waals surface area contributed by atoms with Crippen LogP contribution in [0.5, 0.6) is 0 Å². The first kappa shape index (κ1) is 9.16. The zero-order valence-electron chi connectivity index (χ0n) is 7.38. The third kappa shape index (κ3) is 2.98. The fourth-order valence-electron chi connectivity index (χ4n) is 1.05. The summed E-state index contributed by atoms with van der Waals surface area (Å²) in [6.07, 6.45) is 3.73. The molecule has 0 aliphatic carbocycles. The summed E-state index contributed by atoms with van der Waals surface area (Å²) in [6, 6.07) is 2.12. The Labute approximate surface area is 73.0 Å². The van der Waals surface area contributed by atoms with Crippen molar-refractivity contribution in [2.45, 2.75) is 13.5 Å². The number of hydrogen-bond acceptors (Lipinski definition) is 3.